The third-order valence-electron chi connectivity index (χ3n) is 3.24. The van der Waals surface area contributed by atoms with E-state index in [1.165, 1.54) is 0 Å². The summed E-state index contributed by atoms with van der Waals surface area (Å²) in [6.07, 6.45) is 3.10. The van der Waals surface area contributed by atoms with Gasteiger partial charge in [0.15, 0.2) is 0 Å². The summed E-state index contributed by atoms with van der Waals surface area (Å²) in [6.45, 7) is 0. The van der Waals surface area contributed by atoms with Crippen LogP contribution in [0, 0.1) is 0 Å². The smallest absolute Gasteiger partial charge is 0.204 e. The summed E-state index contributed by atoms with van der Waals surface area (Å²) in [4.78, 5) is 13.0. The Morgan fingerprint density at radius 2 is 2.06 bits per heavy atom. The Balaban J connectivity index is 1.83. The number of carbonyl (C=O) groups is 1. The van der Waals surface area contributed by atoms with E-state index < -0.39 is 0 Å². The van der Waals surface area contributed by atoms with Gasteiger partial charge in [-0.1, -0.05) is 30.3 Å². The van der Waals surface area contributed by atoms with Crippen molar-refractivity contribution in [1.82, 2.24) is 20.2 Å². The molecule has 1 aliphatic rings. The molecule has 0 spiro atoms. The van der Waals surface area contributed by atoms with Crippen LogP contribution in [-0.2, 0) is 4.79 Å². The molecule has 0 radical (unpaired) electrons. The molecule has 1 heterocycles. The summed E-state index contributed by atoms with van der Waals surface area (Å²) >= 11 is 0. The first-order chi connectivity index (χ1) is 8.83. The van der Waals surface area contributed by atoms with Crippen molar-refractivity contribution < 1.29 is 4.79 Å². The lowest BCUT2D eigenvalue weighted by molar-refractivity contribution is -0.121. The largest absolute Gasteiger partial charge is 0.300 e. The van der Waals surface area contributed by atoms with E-state index in [0.717, 1.165) is 18.4 Å². The zero-order valence-electron chi connectivity index (χ0n) is 9.99. The molecule has 1 aromatic heterocycles. The molecule has 3 rings (SSSR count). The molecule has 1 saturated carbocycles. The molecule has 5 heteroatoms. The van der Waals surface area contributed by atoms with Gasteiger partial charge in [-0.3, -0.25) is 4.79 Å². The molecule has 1 aliphatic carbocycles. The summed E-state index contributed by atoms with van der Waals surface area (Å²) in [6, 6.07) is 9.82. The van der Waals surface area contributed by atoms with Crippen molar-refractivity contribution in [3.63, 3.8) is 0 Å². The molecule has 18 heavy (non-hydrogen) atoms. The maximum atomic E-state index is 11.4. The maximum absolute atomic E-state index is 11.4. The van der Waals surface area contributed by atoms with E-state index in [0.29, 0.717) is 24.4 Å². The number of nitrogens with zero attached hydrogens (tertiary/aromatic N) is 4. The van der Waals surface area contributed by atoms with Crippen LogP contribution in [0.5, 0.6) is 0 Å². The highest BCUT2D eigenvalue weighted by molar-refractivity contribution is 5.79. The van der Waals surface area contributed by atoms with Crippen LogP contribution in [0.4, 0.5) is 0 Å². The summed E-state index contributed by atoms with van der Waals surface area (Å²) in [5, 5.41) is 12.5. The van der Waals surface area contributed by atoms with Crippen LogP contribution in [0.2, 0.25) is 0 Å². The van der Waals surface area contributed by atoms with Crippen molar-refractivity contribution in [2.24, 2.45) is 0 Å². The minimum absolute atomic E-state index is 0.0798. The molecule has 1 atom stereocenters. The number of benzene rings is 1. The van der Waals surface area contributed by atoms with E-state index in [9.17, 15) is 4.79 Å². The molecule has 92 valence electrons. The Bertz CT molecular complexity index is 549. The van der Waals surface area contributed by atoms with Crippen molar-refractivity contribution in [1.29, 1.82) is 0 Å². The van der Waals surface area contributed by atoms with Gasteiger partial charge in [-0.25, -0.2) is 0 Å². The predicted molar refractivity (Wildman–Crippen MR) is 65.8 cm³/mol. The van der Waals surface area contributed by atoms with E-state index in [2.05, 4.69) is 15.4 Å². The first-order valence-corrected chi connectivity index (χ1v) is 6.19. The van der Waals surface area contributed by atoms with Gasteiger partial charge in [0.1, 0.15) is 5.78 Å². The molecule has 0 N–H and O–H groups in total. The Morgan fingerprint density at radius 1 is 1.22 bits per heavy atom. The zero-order valence-corrected chi connectivity index (χ0v) is 9.99. The second-order valence-corrected chi connectivity index (χ2v) is 4.59. The summed E-state index contributed by atoms with van der Waals surface area (Å²) in [5.41, 5.74) is 0.950. The first kappa shape index (κ1) is 11.1. The van der Waals surface area contributed by atoms with E-state index in [1.807, 2.05) is 30.3 Å². The summed E-state index contributed by atoms with van der Waals surface area (Å²) in [7, 11) is 0. The van der Waals surface area contributed by atoms with E-state index in [4.69, 9.17) is 0 Å². The topological polar surface area (TPSA) is 60.7 Å². The van der Waals surface area contributed by atoms with E-state index in [-0.39, 0.29) is 6.04 Å². The molecular weight excluding hydrogens is 228 g/mol. The van der Waals surface area contributed by atoms with Crippen LogP contribution in [0.15, 0.2) is 30.3 Å². The van der Waals surface area contributed by atoms with Gasteiger partial charge in [0.2, 0.25) is 5.82 Å². The number of rotatable bonds is 2. The monoisotopic (exact) mass is 242 g/mol. The standard InChI is InChI=1S/C13H14N4O/c18-12-8-4-7-11(9-12)17-15-13(14-16-17)10-5-2-1-3-6-10/h1-3,5-6,11H,4,7-9H2. The molecule has 0 aliphatic heterocycles. The first-order valence-electron chi connectivity index (χ1n) is 6.19. The lowest BCUT2D eigenvalue weighted by atomic mass is 9.95. The second kappa shape index (κ2) is 4.68. The number of carbonyl (C=O) groups excluding carboxylic acids is 1. The molecule has 0 bridgehead atoms. The van der Waals surface area contributed by atoms with E-state index in [1.54, 1.807) is 4.80 Å². The Kier molecular flexibility index (Phi) is 2.88. The van der Waals surface area contributed by atoms with Crippen LogP contribution < -0.4 is 0 Å². The molecule has 1 aromatic carbocycles. The SMILES string of the molecule is O=C1CCCC(n2nnc(-c3ccccc3)n2)C1. The zero-order chi connectivity index (χ0) is 12.4. The summed E-state index contributed by atoms with van der Waals surface area (Å²) < 4.78 is 0. The minimum Gasteiger partial charge on any atom is -0.300 e. The Labute approximate surface area is 105 Å². The van der Waals surface area contributed by atoms with Gasteiger partial charge in [-0.05, 0) is 18.1 Å². The fourth-order valence-electron chi connectivity index (χ4n) is 2.28. The van der Waals surface area contributed by atoms with Gasteiger partial charge in [-0.15, -0.1) is 10.2 Å². The van der Waals surface area contributed by atoms with Gasteiger partial charge in [0.05, 0.1) is 6.04 Å². The number of hydrogen-bond acceptors (Lipinski definition) is 4. The molecule has 0 amide bonds. The molecule has 2 aromatic rings. The van der Waals surface area contributed by atoms with Crippen LogP contribution >= 0.6 is 0 Å². The van der Waals surface area contributed by atoms with Crippen molar-refractivity contribution >= 4 is 5.78 Å². The highest BCUT2D eigenvalue weighted by Crippen LogP contribution is 2.25. The third-order valence-corrected chi connectivity index (χ3v) is 3.24. The van der Waals surface area contributed by atoms with Crippen LogP contribution in [0.25, 0.3) is 11.4 Å². The molecule has 1 unspecified atom stereocenters. The lowest BCUT2D eigenvalue weighted by Gasteiger charge is -2.18. The number of tetrazole rings is 1. The van der Waals surface area contributed by atoms with Crippen molar-refractivity contribution in [3.8, 4) is 11.4 Å². The van der Waals surface area contributed by atoms with Gasteiger partial charge in [0.25, 0.3) is 0 Å². The number of hydrogen-bond donors (Lipinski definition) is 0. The number of aromatic nitrogens is 4. The third kappa shape index (κ3) is 2.16. The van der Waals surface area contributed by atoms with Crippen molar-refractivity contribution in [2.75, 3.05) is 0 Å². The average molecular weight is 242 g/mol. The minimum atomic E-state index is 0.0798. The molecule has 1 fully saturated rings. The Morgan fingerprint density at radius 3 is 2.83 bits per heavy atom. The van der Waals surface area contributed by atoms with Gasteiger partial charge in [0, 0.05) is 18.4 Å². The van der Waals surface area contributed by atoms with Gasteiger partial charge < -0.3 is 0 Å². The lowest BCUT2D eigenvalue weighted by Crippen LogP contribution is -2.21. The fraction of sp³-hybridized carbons (Fsp3) is 0.385. The normalized spacial score (nSPS) is 20.0. The predicted octanol–water partition coefficient (Wildman–Crippen LogP) is 2.02. The highest BCUT2D eigenvalue weighted by Gasteiger charge is 2.23. The molecule has 5 nitrogen and oxygen atoms in total. The van der Waals surface area contributed by atoms with Gasteiger partial charge in [-0.2, -0.15) is 4.80 Å². The average Bonchev–Trinajstić information content (AvgIpc) is 2.89. The van der Waals surface area contributed by atoms with Crippen LogP contribution in [0.1, 0.15) is 31.7 Å². The van der Waals surface area contributed by atoms with E-state index >= 15 is 0 Å². The van der Waals surface area contributed by atoms with Crippen molar-refractivity contribution in [2.45, 2.75) is 31.7 Å². The molecular formula is C13H14N4O. The fourth-order valence-corrected chi connectivity index (χ4v) is 2.28. The van der Waals surface area contributed by atoms with Crippen LogP contribution in [-0.4, -0.2) is 26.0 Å². The number of Topliss-reactive ketones (excluding diaryl/α,β-unsaturated/α-hetero) is 1. The second-order valence-electron chi connectivity index (χ2n) is 4.59. The quantitative estimate of drug-likeness (QED) is 0.808. The summed E-state index contributed by atoms with van der Waals surface area (Å²) in [5.74, 6) is 0.915. The Hall–Kier alpha value is -2.04. The highest BCUT2D eigenvalue weighted by atomic mass is 16.1. The van der Waals surface area contributed by atoms with Crippen LogP contribution in [0.3, 0.4) is 0 Å². The van der Waals surface area contributed by atoms with Gasteiger partial charge >= 0.3 is 0 Å². The maximum Gasteiger partial charge on any atom is 0.204 e. The number of ketones is 1. The molecule has 0 saturated heterocycles. The van der Waals surface area contributed by atoms with Crippen molar-refractivity contribution in [3.05, 3.63) is 30.3 Å².